The van der Waals surface area contributed by atoms with Crippen LogP contribution in [-0.2, 0) is 19.2 Å². The van der Waals surface area contributed by atoms with Crippen LogP contribution in [-0.4, -0.2) is 45.8 Å². The molecule has 1 unspecified atom stereocenters. The largest absolute Gasteiger partial charge is 0.300 e. The van der Waals surface area contributed by atoms with Gasteiger partial charge in [-0.25, -0.2) is 0 Å². The molecule has 0 saturated carbocycles. The van der Waals surface area contributed by atoms with Gasteiger partial charge in [-0.3, -0.25) is 24.1 Å². The number of nitrogens with zero attached hydrogens (tertiary/aromatic N) is 1. The van der Waals surface area contributed by atoms with E-state index in [0.717, 1.165) is 32.1 Å². The Kier molecular flexibility index (Phi) is 15.8. The third-order valence-corrected chi connectivity index (χ3v) is 7.41. The molecule has 0 radical (unpaired) electrons. The van der Waals surface area contributed by atoms with Gasteiger partial charge in [0.15, 0.2) is 0 Å². The molecule has 0 N–H and O–H groups in total. The molecule has 1 atom stereocenters. The van der Waals surface area contributed by atoms with Gasteiger partial charge < -0.3 is 0 Å². The lowest BCUT2D eigenvalue weighted by molar-refractivity contribution is -0.138. The summed E-state index contributed by atoms with van der Waals surface area (Å²) in [4.78, 5) is 49.0. The zero-order valence-electron chi connectivity index (χ0n) is 20.8. The number of rotatable bonds is 15. The second-order valence-electron chi connectivity index (χ2n) is 8.75. The summed E-state index contributed by atoms with van der Waals surface area (Å²) in [6.45, 7) is 12.5. The molecule has 1 rings (SSSR count). The summed E-state index contributed by atoms with van der Waals surface area (Å²) < 4.78 is 0. The maximum Gasteiger partial charge on any atom is 0.242 e. The highest BCUT2D eigenvalue weighted by Gasteiger charge is 2.38. The van der Waals surface area contributed by atoms with Gasteiger partial charge in [-0.05, 0) is 32.6 Å². The number of ketones is 2. The van der Waals surface area contributed by atoms with Crippen molar-refractivity contribution in [2.75, 3.05) is 12.3 Å². The van der Waals surface area contributed by atoms with E-state index in [2.05, 4.69) is 27.7 Å². The van der Waals surface area contributed by atoms with E-state index >= 15 is 0 Å². The van der Waals surface area contributed by atoms with Gasteiger partial charge in [0.2, 0.25) is 11.8 Å². The molecule has 0 aromatic carbocycles. The Hall–Kier alpha value is -1.17. The zero-order valence-corrected chi connectivity index (χ0v) is 21.6. The summed E-state index contributed by atoms with van der Waals surface area (Å²) >= 11 is 1.41. The molecule has 0 aliphatic carbocycles. The van der Waals surface area contributed by atoms with Crippen molar-refractivity contribution >= 4 is 35.1 Å². The van der Waals surface area contributed by atoms with Gasteiger partial charge in [0.05, 0.1) is 5.25 Å². The van der Waals surface area contributed by atoms with E-state index < -0.39 is 0 Å². The summed E-state index contributed by atoms with van der Waals surface area (Å²) in [6, 6.07) is 0. The van der Waals surface area contributed by atoms with Crippen LogP contribution < -0.4 is 0 Å². The predicted molar refractivity (Wildman–Crippen MR) is 130 cm³/mol. The first-order chi connectivity index (χ1) is 14.7. The van der Waals surface area contributed by atoms with Gasteiger partial charge in [-0.15, -0.1) is 11.8 Å². The second kappa shape index (κ2) is 16.5. The van der Waals surface area contributed by atoms with Crippen LogP contribution in [0.25, 0.3) is 0 Å². The van der Waals surface area contributed by atoms with Crippen molar-refractivity contribution in [2.45, 2.75) is 117 Å². The smallest absolute Gasteiger partial charge is 0.242 e. The average molecular weight is 456 g/mol. The average Bonchev–Trinajstić information content (AvgIpc) is 3.00. The molecular weight excluding hydrogens is 410 g/mol. The lowest BCUT2D eigenvalue weighted by Gasteiger charge is -2.24. The molecule has 1 fully saturated rings. The van der Waals surface area contributed by atoms with Crippen LogP contribution in [0.15, 0.2) is 0 Å². The number of unbranched alkanes of at least 4 members (excludes halogenated alkanes) is 4. The molecule has 0 bridgehead atoms. The van der Waals surface area contributed by atoms with E-state index in [0.29, 0.717) is 30.9 Å². The van der Waals surface area contributed by atoms with E-state index in [9.17, 15) is 19.2 Å². The molecule has 0 aromatic rings. The van der Waals surface area contributed by atoms with E-state index in [4.69, 9.17) is 0 Å². The number of carbonyl (C=O) groups excluding carboxylic acids is 4. The van der Waals surface area contributed by atoms with Crippen molar-refractivity contribution in [2.24, 2.45) is 5.41 Å². The first-order valence-electron chi connectivity index (χ1n) is 12.1. The molecule has 2 amide bonds. The van der Waals surface area contributed by atoms with E-state index in [1.807, 2.05) is 6.92 Å². The molecule has 31 heavy (non-hydrogen) atoms. The summed E-state index contributed by atoms with van der Waals surface area (Å²) in [6.07, 6.45) is 9.44. The van der Waals surface area contributed by atoms with Crippen molar-refractivity contribution in [1.29, 1.82) is 0 Å². The van der Waals surface area contributed by atoms with Crippen molar-refractivity contribution in [1.82, 2.24) is 4.90 Å². The Bertz CT molecular complexity index is 570. The summed E-state index contributed by atoms with van der Waals surface area (Å²) in [5.74, 6) is 0.767. The van der Waals surface area contributed by atoms with Crippen molar-refractivity contribution in [3.05, 3.63) is 0 Å². The number of likely N-dealkylation sites (tertiary alicyclic amines) is 1. The maximum absolute atomic E-state index is 12.3. The SMILES string of the molecule is CCC(C)(CC)C(=O)CCCCCN1C(=O)CC(SCCC(C)=O)C1=O.CCCCC. The molecule has 1 heterocycles. The molecule has 1 aliphatic rings. The van der Waals surface area contributed by atoms with Crippen LogP contribution in [0.4, 0.5) is 0 Å². The summed E-state index contributed by atoms with van der Waals surface area (Å²) in [7, 11) is 0. The van der Waals surface area contributed by atoms with Gasteiger partial charge >= 0.3 is 0 Å². The van der Waals surface area contributed by atoms with Crippen LogP contribution in [0.5, 0.6) is 0 Å². The van der Waals surface area contributed by atoms with Crippen LogP contribution in [0, 0.1) is 5.41 Å². The Morgan fingerprint density at radius 2 is 1.58 bits per heavy atom. The molecule has 1 aliphatic heterocycles. The number of amides is 2. The fourth-order valence-electron chi connectivity index (χ4n) is 3.39. The van der Waals surface area contributed by atoms with Gasteiger partial charge in [-0.2, -0.15) is 0 Å². The first kappa shape index (κ1) is 29.8. The van der Waals surface area contributed by atoms with Crippen LogP contribution in [0.1, 0.15) is 112 Å². The second-order valence-corrected chi connectivity index (χ2v) is 10.1. The predicted octanol–water partition coefficient (Wildman–Crippen LogP) is 5.98. The number of hydrogen-bond acceptors (Lipinski definition) is 5. The minimum absolute atomic E-state index is 0.0999. The lowest BCUT2D eigenvalue weighted by Crippen LogP contribution is -2.32. The number of carbonyl (C=O) groups is 4. The molecule has 5 nitrogen and oxygen atoms in total. The van der Waals surface area contributed by atoms with Crippen molar-refractivity contribution < 1.29 is 19.2 Å². The Morgan fingerprint density at radius 1 is 0.968 bits per heavy atom. The monoisotopic (exact) mass is 455 g/mol. The third kappa shape index (κ3) is 11.3. The fourth-order valence-corrected chi connectivity index (χ4v) is 4.61. The fraction of sp³-hybridized carbons (Fsp3) is 0.840. The van der Waals surface area contributed by atoms with Crippen molar-refractivity contribution in [3.63, 3.8) is 0 Å². The van der Waals surface area contributed by atoms with Crippen LogP contribution >= 0.6 is 11.8 Å². The molecular formula is C25H45NO4S. The maximum atomic E-state index is 12.3. The third-order valence-electron chi connectivity index (χ3n) is 6.20. The quantitative estimate of drug-likeness (QED) is 0.224. The Labute approximate surface area is 194 Å². The van der Waals surface area contributed by atoms with E-state index in [1.54, 1.807) is 0 Å². The minimum atomic E-state index is -0.335. The van der Waals surface area contributed by atoms with Crippen LogP contribution in [0.3, 0.4) is 0 Å². The minimum Gasteiger partial charge on any atom is -0.300 e. The standard InChI is InChI=1S/C20H33NO4S.C5H12/c1-5-20(4,6-2)17(23)10-8-7-9-12-21-18(24)14-16(19(21)25)26-13-11-15(3)22;1-3-5-4-2/h16H,5-14H2,1-4H3;3-5H2,1-2H3. The van der Waals surface area contributed by atoms with E-state index in [1.165, 1.54) is 42.8 Å². The summed E-state index contributed by atoms with van der Waals surface area (Å²) in [5, 5.41) is -0.335. The lowest BCUT2D eigenvalue weighted by atomic mass is 9.78. The highest BCUT2D eigenvalue weighted by molar-refractivity contribution is 8.00. The number of hydrogen-bond donors (Lipinski definition) is 0. The van der Waals surface area contributed by atoms with Crippen LogP contribution in [0.2, 0.25) is 0 Å². The van der Waals surface area contributed by atoms with Gasteiger partial charge in [0.25, 0.3) is 0 Å². The molecule has 0 spiro atoms. The molecule has 1 saturated heterocycles. The number of Topliss-reactive ketones (excluding diaryl/α,β-unsaturated/α-hetero) is 2. The van der Waals surface area contributed by atoms with Gasteiger partial charge in [0.1, 0.15) is 11.6 Å². The normalized spacial score (nSPS) is 16.3. The summed E-state index contributed by atoms with van der Waals surface area (Å²) in [5.41, 5.74) is -0.217. The van der Waals surface area contributed by atoms with E-state index in [-0.39, 0.29) is 34.7 Å². The molecule has 0 aromatic heterocycles. The topological polar surface area (TPSA) is 71.5 Å². The number of imide groups is 1. The first-order valence-corrected chi connectivity index (χ1v) is 13.2. The molecule has 180 valence electrons. The molecule has 6 heteroatoms. The zero-order chi connectivity index (χ0) is 23.9. The highest BCUT2D eigenvalue weighted by atomic mass is 32.2. The Balaban J connectivity index is 0.00000161. The van der Waals surface area contributed by atoms with Gasteiger partial charge in [-0.1, -0.05) is 60.3 Å². The highest BCUT2D eigenvalue weighted by Crippen LogP contribution is 2.29. The van der Waals surface area contributed by atoms with Gasteiger partial charge in [0, 0.05) is 37.0 Å². The number of thioether (sulfide) groups is 1. The van der Waals surface area contributed by atoms with Crippen molar-refractivity contribution in [3.8, 4) is 0 Å². The Morgan fingerprint density at radius 3 is 2.06 bits per heavy atom.